The second-order valence-electron chi connectivity index (χ2n) is 3.99. The maximum Gasteiger partial charge on any atom is 0.240 e. The van der Waals surface area contributed by atoms with Crippen LogP contribution in [0.15, 0.2) is 0 Å². The molecule has 94 valence electrons. The minimum absolute atomic E-state index is 0.0414. The van der Waals surface area contributed by atoms with E-state index in [0.29, 0.717) is 0 Å². The minimum Gasteiger partial charge on any atom is -0.380 e. The summed E-state index contributed by atoms with van der Waals surface area (Å²) in [4.78, 5) is 22.6. The normalized spacial score (nSPS) is 14.6. The van der Waals surface area contributed by atoms with Gasteiger partial charge in [0.05, 0.1) is 12.5 Å². The molecule has 0 saturated heterocycles. The highest BCUT2D eigenvalue weighted by molar-refractivity contribution is 5.86. The van der Waals surface area contributed by atoms with E-state index in [-0.39, 0.29) is 30.9 Å². The van der Waals surface area contributed by atoms with E-state index in [0.717, 1.165) is 0 Å². The number of nitrogens with two attached hydrogens (primary N) is 2. The number of amides is 2. The van der Waals surface area contributed by atoms with Crippen molar-refractivity contribution in [3.63, 3.8) is 0 Å². The molecule has 6 heteroatoms. The van der Waals surface area contributed by atoms with Crippen LogP contribution >= 0.6 is 0 Å². The van der Waals surface area contributed by atoms with Crippen LogP contribution in [0.5, 0.6) is 0 Å². The Labute approximate surface area is 95.7 Å². The van der Waals surface area contributed by atoms with Gasteiger partial charge in [-0.25, -0.2) is 0 Å². The van der Waals surface area contributed by atoms with Crippen molar-refractivity contribution in [3.05, 3.63) is 0 Å². The average molecular weight is 231 g/mol. The quantitative estimate of drug-likeness (QED) is 0.521. The first-order valence-corrected chi connectivity index (χ1v) is 5.23. The number of hydrogen-bond acceptors (Lipinski definition) is 4. The number of ether oxygens (including phenoxy) is 1. The number of nitrogens with one attached hydrogen (secondary N) is 1. The molecule has 0 saturated carbocycles. The van der Waals surface area contributed by atoms with Gasteiger partial charge in [-0.2, -0.15) is 0 Å². The van der Waals surface area contributed by atoms with Crippen molar-refractivity contribution in [2.24, 2.45) is 17.4 Å². The van der Waals surface area contributed by atoms with Gasteiger partial charge in [0.2, 0.25) is 11.8 Å². The Balaban J connectivity index is 4.25. The summed E-state index contributed by atoms with van der Waals surface area (Å²) in [5.41, 5.74) is 10.6. The summed E-state index contributed by atoms with van der Waals surface area (Å²) in [7, 11) is 1.48. The number of rotatable bonds is 7. The molecule has 0 bridgehead atoms. The molecule has 0 heterocycles. The molecule has 0 aromatic rings. The van der Waals surface area contributed by atoms with E-state index in [4.69, 9.17) is 16.2 Å². The van der Waals surface area contributed by atoms with Gasteiger partial charge < -0.3 is 21.5 Å². The van der Waals surface area contributed by atoms with Gasteiger partial charge in [-0.3, -0.25) is 9.59 Å². The lowest BCUT2D eigenvalue weighted by Gasteiger charge is -2.20. The molecule has 16 heavy (non-hydrogen) atoms. The van der Waals surface area contributed by atoms with Gasteiger partial charge in [-0.15, -0.1) is 0 Å². The fraction of sp³-hybridized carbons (Fsp3) is 0.800. The van der Waals surface area contributed by atoms with Crippen LogP contribution in [-0.4, -0.2) is 37.6 Å². The lowest BCUT2D eigenvalue weighted by molar-refractivity contribution is -0.129. The Morgan fingerprint density at radius 2 is 1.94 bits per heavy atom. The van der Waals surface area contributed by atoms with Crippen LogP contribution in [0.25, 0.3) is 0 Å². The molecule has 0 spiro atoms. The summed E-state index contributed by atoms with van der Waals surface area (Å²) in [5.74, 6) is -0.861. The summed E-state index contributed by atoms with van der Waals surface area (Å²) >= 11 is 0. The van der Waals surface area contributed by atoms with E-state index in [9.17, 15) is 9.59 Å². The molecule has 6 nitrogen and oxygen atoms in total. The third kappa shape index (κ3) is 5.09. The SMILES string of the molecule is COC(CN)CC(=O)NC(C(N)=O)C(C)C. The highest BCUT2D eigenvalue weighted by atomic mass is 16.5. The molecule has 0 aromatic carbocycles. The molecule has 5 N–H and O–H groups in total. The standard InChI is InChI=1S/C10H21N3O3/c1-6(2)9(10(12)15)13-8(14)4-7(5-11)16-3/h6-7,9H,4-5,11H2,1-3H3,(H2,12,15)(H,13,14). The Hall–Kier alpha value is -1.14. The summed E-state index contributed by atoms with van der Waals surface area (Å²) in [6.45, 7) is 3.88. The van der Waals surface area contributed by atoms with E-state index in [1.165, 1.54) is 7.11 Å². The summed E-state index contributed by atoms with van der Waals surface area (Å²) in [6.07, 6.45) is -0.204. The van der Waals surface area contributed by atoms with E-state index < -0.39 is 11.9 Å². The van der Waals surface area contributed by atoms with Crippen molar-refractivity contribution in [3.8, 4) is 0 Å². The van der Waals surface area contributed by atoms with Gasteiger partial charge in [-0.05, 0) is 5.92 Å². The van der Waals surface area contributed by atoms with Crippen LogP contribution in [0.3, 0.4) is 0 Å². The molecular formula is C10H21N3O3. The topological polar surface area (TPSA) is 107 Å². The molecule has 2 amide bonds. The average Bonchev–Trinajstić information content (AvgIpc) is 2.21. The van der Waals surface area contributed by atoms with E-state index in [1.807, 2.05) is 13.8 Å². The number of primary amides is 1. The second kappa shape index (κ2) is 7.19. The molecule has 0 rings (SSSR count). The van der Waals surface area contributed by atoms with Gasteiger partial charge >= 0.3 is 0 Å². The largest absolute Gasteiger partial charge is 0.380 e. The first-order chi connectivity index (χ1) is 7.42. The van der Waals surface area contributed by atoms with Gasteiger partial charge in [0, 0.05) is 13.7 Å². The van der Waals surface area contributed by atoms with Crippen LogP contribution in [-0.2, 0) is 14.3 Å². The van der Waals surface area contributed by atoms with E-state index >= 15 is 0 Å². The molecule has 0 aliphatic heterocycles. The molecule has 2 atom stereocenters. The zero-order valence-corrected chi connectivity index (χ0v) is 10.0. The lowest BCUT2D eigenvalue weighted by Crippen LogP contribution is -2.48. The molecule has 0 radical (unpaired) electrons. The van der Waals surface area contributed by atoms with Crippen LogP contribution in [0.2, 0.25) is 0 Å². The summed E-state index contributed by atoms with van der Waals surface area (Å²) in [6, 6.07) is -0.650. The predicted molar refractivity (Wildman–Crippen MR) is 60.4 cm³/mol. The number of carbonyl (C=O) groups excluding carboxylic acids is 2. The van der Waals surface area contributed by atoms with Crippen molar-refractivity contribution in [2.45, 2.75) is 32.4 Å². The van der Waals surface area contributed by atoms with Gasteiger partial charge in [0.25, 0.3) is 0 Å². The number of hydrogen-bond donors (Lipinski definition) is 3. The molecule has 2 unspecified atom stereocenters. The smallest absolute Gasteiger partial charge is 0.240 e. The highest BCUT2D eigenvalue weighted by Crippen LogP contribution is 2.02. The van der Waals surface area contributed by atoms with Crippen LogP contribution in [0.1, 0.15) is 20.3 Å². The Morgan fingerprint density at radius 3 is 2.25 bits per heavy atom. The fourth-order valence-corrected chi connectivity index (χ4v) is 1.27. The van der Waals surface area contributed by atoms with Crippen molar-refractivity contribution in [2.75, 3.05) is 13.7 Å². The molecule has 0 aliphatic rings. The fourth-order valence-electron chi connectivity index (χ4n) is 1.27. The van der Waals surface area contributed by atoms with Crippen LogP contribution < -0.4 is 16.8 Å². The third-order valence-corrected chi connectivity index (χ3v) is 2.30. The monoisotopic (exact) mass is 231 g/mol. The van der Waals surface area contributed by atoms with Crippen molar-refractivity contribution in [1.82, 2.24) is 5.32 Å². The Kier molecular flexibility index (Phi) is 6.67. The zero-order chi connectivity index (χ0) is 12.7. The first kappa shape index (κ1) is 14.9. The second-order valence-corrected chi connectivity index (χ2v) is 3.99. The number of carbonyl (C=O) groups is 2. The van der Waals surface area contributed by atoms with E-state index in [2.05, 4.69) is 5.32 Å². The lowest BCUT2D eigenvalue weighted by atomic mass is 10.0. The van der Waals surface area contributed by atoms with Crippen LogP contribution in [0, 0.1) is 5.92 Å². The minimum atomic E-state index is -0.650. The number of methoxy groups -OCH3 is 1. The predicted octanol–water partition coefficient (Wildman–Crippen LogP) is -1.02. The third-order valence-electron chi connectivity index (χ3n) is 2.30. The van der Waals surface area contributed by atoms with Gasteiger partial charge in [0.1, 0.15) is 6.04 Å². The van der Waals surface area contributed by atoms with Gasteiger partial charge in [0.15, 0.2) is 0 Å². The van der Waals surface area contributed by atoms with Crippen molar-refractivity contribution < 1.29 is 14.3 Å². The first-order valence-electron chi connectivity index (χ1n) is 5.23. The molecule has 0 aliphatic carbocycles. The molecule has 0 fully saturated rings. The molecular weight excluding hydrogens is 210 g/mol. The summed E-state index contributed by atoms with van der Waals surface area (Å²) in [5, 5.41) is 2.57. The maximum atomic E-state index is 11.5. The van der Waals surface area contributed by atoms with Gasteiger partial charge in [-0.1, -0.05) is 13.8 Å². The van der Waals surface area contributed by atoms with Crippen LogP contribution in [0.4, 0.5) is 0 Å². The Bertz CT molecular complexity index is 239. The highest BCUT2D eigenvalue weighted by Gasteiger charge is 2.22. The molecule has 0 aromatic heterocycles. The Morgan fingerprint density at radius 1 is 1.38 bits per heavy atom. The zero-order valence-electron chi connectivity index (χ0n) is 10.0. The van der Waals surface area contributed by atoms with E-state index in [1.54, 1.807) is 0 Å². The van der Waals surface area contributed by atoms with Crippen molar-refractivity contribution >= 4 is 11.8 Å². The maximum absolute atomic E-state index is 11.5. The van der Waals surface area contributed by atoms with Crippen molar-refractivity contribution in [1.29, 1.82) is 0 Å². The summed E-state index contributed by atoms with van der Waals surface area (Å²) < 4.78 is 4.97.